The lowest BCUT2D eigenvalue weighted by molar-refractivity contribution is -0.136. The van der Waals surface area contributed by atoms with Gasteiger partial charge in [-0.2, -0.15) is 0 Å². The molecular weight excluding hydrogens is 766 g/mol. The van der Waals surface area contributed by atoms with Crippen LogP contribution in [0.5, 0.6) is 0 Å². The van der Waals surface area contributed by atoms with Crippen LogP contribution in [0.1, 0.15) is 33.6 Å². The Labute approximate surface area is 340 Å². The van der Waals surface area contributed by atoms with E-state index in [4.69, 9.17) is 56.8 Å². The van der Waals surface area contributed by atoms with Crippen molar-refractivity contribution in [1.82, 2.24) is 10.2 Å². The van der Waals surface area contributed by atoms with Crippen LogP contribution >= 0.6 is 0 Å². The zero-order chi connectivity index (χ0) is 41.3. The van der Waals surface area contributed by atoms with E-state index in [1.54, 1.807) is 18.2 Å². The fourth-order valence-corrected chi connectivity index (χ4v) is 5.41. The van der Waals surface area contributed by atoms with Crippen molar-refractivity contribution in [2.45, 2.75) is 18.9 Å². The molecule has 19 heteroatoms. The van der Waals surface area contributed by atoms with Gasteiger partial charge in [0, 0.05) is 18.7 Å². The first-order valence-electron chi connectivity index (χ1n) is 19.7. The molecule has 58 heavy (non-hydrogen) atoms. The zero-order valence-electron chi connectivity index (χ0n) is 33.5. The molecule has 0 spiro atoms. The maximum absolute atomic E-state index is 13.2. The number of amides is 4. The van der Waals surface area contributed by atoms with Gasteiger partial charge in [-0.05, 0) is 18.6 Å². The molecule has 4 amide bonds. The van der Waals surface area contributed by atoms with E-state index < -0.39 is 29.7 Å². The highest BCUT2D eigenvalue weighted by molar-refractivity contribution is 6.25. The number of ether oxygens (including phenoxy) is 12. The molecule has 0 saturated carbocycles. The van der Waals surface area contributed by atoms with Crippen LogP contribution in [0.15, 0.2) is 31.0 Å². The first-order chi connectivity index (χ1) is 28.5. The molecule has 19 nitrogen and oxygen atoms in total. The number of rotatable bonds is 39. The molecular formula is C39H61N3O16. The summed E-state index contributed by atoms with van der Waals surface area (Å²) < 4.78 is 65.1. The minimum Gasteiger partial charge on any atom is -0.499 e. The van der Waals surface area contributed by atoms with Crippen LogP contribution in [-0.4, -0.2) is 193 Å². The molecule has 1 aromatic rings. The second-order valence-electron chi connectivity index (χ2n) is 12.4. The highest BCUT2D eigenvalue weighted by Gasteiger charge is 2.45. The van der Waals surface area contributed by atoms with Gasteiger partial charge in [0.1, 0.15) is 12.6 Å². The van der Waals surface area contributed by atoms with Crippen LogP contribution < -0.4 is 10.6 Å². The Morgan fingerprint density at radius 2 is 0.966 bits per heavy atom. The van der Waals surface area contributed by atoms with Crippen molar-refractivity contribution < 1.29 is 76.0 Å². The standard InChI is InChI=1S/C39H61N3O16/c1-2-47-10-11-49-14-15-51-18-19-53-22-23-55-26-27-57-30-31-58-29-28-56-25-24-54-21-20-52-17-16-50-13-12-48-9-8-40-33-5-3-4-32-36(33)39(46)42(38(32)45)34-6-7-35(43)41-37(34)44/h2-5,34,40H,1,6-31H2,(H,41,43,44). The molecule has 2 aliphatic heterocycles. The van der Waals surface area contributed by atoms with Crippen LogP contribution in [0.2, 0.25) is 0 Å². The predicted molar refractivity (Wildman–Crippen MR) is 207 cm³/mol. The maximum Gasteiger partial charge on any atom is 0.264 e. The molecule has 0 aromatic heterocycles. The molecule has 1 atom stereocenters. The summed E-state index contributed by atoms with van der Waals surface area (Å²) in [4.78, 5) is 50.9. The second-order valence-corrected chi connectivity index (χ2v) is 12.4. The van der Waals surface area contributed by atoms with Crippen LogP contribution in [0, 0.1) is 0 Å². The molecule has 1 fully saturated rings. The molecule has 1 saturated heterocycles. The van der Waals surface area contributed by atoms with Crippen molar-refractivity contribution in [2.24, 2.45) is 0 Å². The molecule has 3 rings (SSSR count). The maximum atomic E-state index is 13.2. The Bertz CT molecular complexity index is 1320. The summed E-state index contributed by atoms with van der Waals surface area (Å²) in [6.45, 7) is 14.5. The van der Waals surface area contributed by atoms with E-state index in [1.807, 2.05) is 0 Å². The van der Waals surface area contributed by atoms with E-state index in [-0.39, 0.29) is 24.0 Å². The van der Waals surface area contributed by atoms with E-state index in [2.05, 4.69) is 17.2 Å². The number of benzene rings is 1. The summed E-state index contributed by atoms with van der Waals surface area (Å²) >= 11 is 0. The van der Waals surface area contributed by atoms with E-state index in [0.29, 0.717) is 164 Å². The number of carbonyl (C=O) groups is 4. The van der Waals surface area contributed by atoms with Gasteiger partial charge < -0.3 is 62.2 Å². The number of nitrogens with zero attached hydrogens (tertiary/aromatic N) is 1. The second kappa shape index (κ2) is 32.3. The minimum atomic E-state index is -1.01. The number of anilines is 1. The Kier molecular flexibility index (Phi) is 27.1. The highest BCUT2D eigenvalue weighted by atomic mass is 16.6. The number of fused-ring (bicyclic) bond motifs is 1. The lowest BCUT2D eigenvalue weighted by Gasteiger charge is -2.27. The Morgan fingerprint density at radius 1 is 0.569 bits per heavy atom. The normalized spacial score (nSPS) is 15.2. The van der Waals surface area contributed by atoms with E-state index in [9.17, 15) is 19.2 Å². The number of nitrogens with one attached hydrogen (secondary N) is 2. The quantitative estimate of drug-likeness (QED) is 0.0536. The van der Waals surface area contributed by atoms with Gasteiger partial charge in [-0.3, -0.25) is 29.4 Å². The molecule has 2 N–H and O–H groups in total. The highest BCUT2D eigenvalue weighted by Crippen LogP contribution is 2.32. The van der Waals surface area contributed by atoms with Crippen molar-refractivity contribution in [3.05, 3.63) is 42.2 Å². The molecule has 0 radical (unpaired) electrons. The fourth-order valence-electron chi connectivity index (χ4n) is 5.41. The first kappa shape index (κ1) is 48.8. The van der Waals surface area contributed by atoms with E-state index in [0.717, 1.165) is 4.90 Å². The van der Waals surface area contributed by atoms with Gasteiger partial charge in [0.2, 0.25) is 11.8 Å². The SMILES string of the molecule is C=COCCOCCOCCOCCOCCOCCOCCOCCOCCOCCOCCOCCNc1cccc2c1C(=O)N(C1CCC(=O)NC1=O)C2=O. The molecule has 1 aromatic carbocycles. The predicted octanol–water partition coefficient (Wildman–Crippen LogP) is 0.842. The number of piperidine rings is 1. The van der Waals surface area contributed by atoms with Crippen LogP contribution in [-0.2, 0) is 66.4 Å². The molecule has 2 aliphatic rings. The smallest absolute Gasteiger partial charge is 0.264 e. The Balaban J connectivity index is 0.988. The number of hydrogen-bond donors (Lipinski definition) is 2. The molecule has 328 valence electrons. The zero-order valence-corrected chi connectivity index (χ0v) is 33.5. The lowest BCUT2D eigenvalue weighted by Crippen LogP contribution is -2.54. The van der Waals surface area contributed by atoms with Crippen LogP contribution in [0.25, 0.3) is 0 Å². The lowest BCUT2D eigenvalue weighted by atomic mass is 10.0. The third kappa shape index (κ3) is 20.4. The average Bonchev–Trinajstić information content (AvgIpc) is 3.48. The van der Waals surface area contributed by atoms with Crippen LogP contribution in [0.3, 0.4) is 0 Å². The summed E-state index contributed by atoms with van der Waals surface area (Å²) in [6, 6.07) is 3.90. The van der Waals surface area contributed by atoms with Gasteiger partial charge >= 0.3 is 0 Å². The van der Waals surface area contributed by atoms with Gasteiger partial charge in [-0.1, -0.05) is 12.6 Å². The first-order valence-corrected chi connectivity index (χ1v) is 19.7. The van der Waals surface area contributed by atoms with Crippen molar-refractivity contribution >= 4 is 29.3 Å². The molecule has 1 unspecified atom stereocenters. The number of hydrogen-bond acceptors (Lipinski definition) is 17. The summed E-state index contributed by atoms with van der Waals surface area (Å²) in [5.74, 6) is -2.17. The minimum absolute atomic E-state index is 0.0640. The van der Waals surface area contributed by atoms with Gasteiger partial charge in [-0.25, -0.2) is 0 Å². The van der Waals surface area contributed by atoms with Gasteiger partial charge in [0.25, 0.3) is 11.8 Å². The Hall–Kier alpha value is -3.60. The average molecular weight is 828 g/mol. The number of carbonyl (C=O) groups excluding carboxylic acids is 4. The monoisotopic (exact) mass is 827 g/mol. The molecule has 0 aliphatic carbocycles. The summed E-state index contributed by atoms with van der Waals surface area (Å²) in [5, 5.41) is 5.33. The van der Waals surface area contributed by atoms with Gasteiger partial charge in [0.05, 0.1) is 163 Å². The largest absolute Gasteiger partial charge is 0.499 e. The molecule has 0 bridgehead atoms. The van der Waals surface area contributed by atoms with Gasteiger partial charge in [-0.15, -0.1) is 0 Å². The Morgan fingerprint density at radius 3 is 1.36 bits per heavy atom. The van der Waals surface area contributed by atoms with Crippen molar-refractivity contribution in [3.8, 4) is 0 Å². The fraction of sp³-hybridized carbons (Fsp3) is 0.692. The summed E-state index contributed by atoms with van der Waals surface area (Å²) in [6.07, 6.45) is 1.55. The van der Waals surface area contributed by atoms with Crippen LogP contribution in [0.4, 0.5) is 5.69 Å². The third-order valence-electron chi connectivity index (χ3n) is 8.21. The summed E-state index contributed by atoms with van der Waals surface area (Å²) in [7, 11) is 0. The summed E-state index contributed by atoms with van der Waals surface area (Å²) in [5.41, 5.74) is 0.902. The third-order valence-corrected chi connectivity index (χ3v) is 8.21. The van der Waals surface area contributed by atoms with Crippen molar-refractivity contribution in [2.75, 3.05) is 164 Å². The topological polar surface area (TPSA) is 206 Å². The van der Waals surface area contributed by atoms with E-state index >= 15 is 0 Å². The molecule has 2 heterocycles. The number of imide groups is 2. The van der Waals surface area contributed by atoms with Gasteiger partial charge in [0.15, 0.2) is 0 Å². The van der Waals surface area contributed by atoms with E-state index in [1.165, 1.54) is 6.26 Å². The van der Waals surface area contributed by atoms with Crippen molar-refractivity contribution in [3.63, 3.8) is 0 Å². The van der Waals surface area contributed by atoms with Crippen molar-refractivity contribution in [1.29, 1.82) is 0 Å².